The Balaban J connectivity index is 1.67. The summed E-state index contributed by atoms with van der Waals surface area (Å²) in [5.74, 6) is 1.91. The second kappa shape index (κ2) is 6.46. The molecule has 24 heavy (non-hydrogen) atoms. The molecular weight excluding hydrogens is 298 g/mol. The molecule has 3 nitrogen and oxygen atoms in total. The van der Waals surface area contributed by atoms with E-state index in [-0.39, 0.29) is 5.78 Å². The van der Waals surface area contributed by atoms with Crippen LogP contribution in [0.2, 0.25) is 0 Å². The summed E-state index contributed by atoms with van der Waals surface area (Å²) in [4.78, 5) is 15.8. The third-order valence-corrected chi connectivity index (χ3v) is 5.51. The van der Waals surface area contributed by atoms with Gasteiger partial charge in [-0.05, 0) is 56.2 Å². The zero-order chi connectivity index (χ0) is 16.5. The van der Waals surface area contributed by atoms with Crippen molar-refractivity contribution < 1.29 is 9.53 Å². The van der Waals surface area contributed by atoms with Crippen molar-refractivity contribution in [2.75, 3.05) is 6.61 Å². The normalized spacial score (nSPS) is 18.0. The lowest BCUT2D eigenvalue weighted by Crippen LogP contribution is -2.10. The second-order valence-electron chi connectivity index (χ2n) is 7.21. The number of benzene rings is 1. The summed E-state index contributed by atoms with van der Waals surface area (Å²) in [5.41, 5.74) is 5.27. The number of para-hydroxylation sites is 1. The van der Waals surface area contributed by atoms with E-state index in [4.69, 9.17) is 4.74 Å². The number of carbonyl (C=O) groups excluding carboxylic acids is 1. The van der Waals surface area contributed by atoms with Crippen LogP contribution in [0.4, 0.5) is 0 Å². The summed E-state index contributed by atoms with van der Waals surface area (Å²) < 4.78 is 6.20. The summed E-state index contributed by atoms with van der Waals surface area (Å²) in [6.45, 7) is 2.81. The van der Waals surface area contributed by atoms with Gasteiger partial charge in [-0.1, -0.05) is 25.0 Å². The number of aryl methyl sites for hydroxylation is 1. The lowest BCUT2D eigenvalue weighted by atomic mass is 9.89. The van der Waals surface area contributed by atoms with Crippen molar-refractivity contribution in [2.24, 2.45) is 5.92 Å². The number of Topliss-reactive ketones (excluding diaryl/α,β-unsaturated/α-hetero) is 1. The largest absolute Gasteiger partial charge is 0.493 e. The lowest BCUT2D eigenvalue weighted by molar-refractivity contribution is 0.0972. The third-order valence-electron chi connectivity index (χ3n) is 5.51. The van der Waals surface area contributed by atoms with Gasteiger partial charge in [-0.2, -0.15) is 0 Å². The molecule has 0 atom stereocenters. The summed E-state index contributed by atoms with van der Waals surface area (Å²) in [5, 5.41) is 0. The average molecular weight is 323 g/mol. The van der Waals surface area contributed by atoms with Crippen molar-refractivity contribution >= 4 is 5.78 Å². The quantitative estimate of drug-likeness (QED) is 0.852. The molecule has 1 fully saturated rings. The first kappa shape index (κ1) is 15.5. The zero-order valence-corrected chi connectivity index (χ0v) is 14.4. The molecule has 0 unspecified atom stereocenters. The fourth-order valence-corrected chi connectivity index (χ4v) is 4.27. The van der Waals surface area contributed by atoms with Gasteiger partial charge in [0.25, 0.3) is 0 Å². The van der Waals surface area contributed by atoms with Gasteiger partial charge in [0.05, 0.1) is 12.3 Å². The smallest absolute Gasteiger partial charge is 0.164 e. The molecule has 1 heterocycles. The van der Waals surface area contributed by atoms with Crippen molar-refractivity contribution in [1.29, 1.82) is 0 Å². The molecule has 1 aromatic heterocycles. The maximum atomic E-state index is 12.3. The Morgan fingerprint density at radius 2 is 1.92 bits per heavy atom. The molecule has 0 saturated heterocycles. The lowest BCUT2D eigenvalue weighted by Gasteiger charge is -2.16. The highest BCUT2D eigenvalue weighted by Gasteiger charge is 2.26. The van der Waals surface area contributed by atoms with E-state index < -0.39 is 0 Å². The zero-order valence-electron chi connectivity index (χ0n) is 14.4. The number of carbonyl (C=O) groups is 1. The van der Waals surface area contributed by atoms with Crippen LogP contribution in [0.1, 0.15) is 60.1 Å². The van der Waals surface area contributed by atoms with Crippen LogP contribution in [0.25, 0.3) is 11.3 Å². The number of hydrogen-bond donors (Lipinski definition) is 1. The number of nitrogens with one attached hydrogen (secondary N) is 1. The number of H-pyrrole nitrogens is 1. The molecule has 2 aliphatic carbocycles. The SMILES string of the molecule is Cc1[nH]c(-c2ccccc2OCC2CCCC2)c2c1C(=O)CCC2. The number of ketones is 1. The van der Waals surface area contributed by atoms with Crippen LogP contribution in [-0.4, -0.2) is 17.4 Å². The van der Waals surface area contributed by atoms with E-state index in [1.807, 2.05) is 19.1 Å². The van der Waals surface area contributed by atoms with Crippen LogP contribution in [0.15, 0.2) is 24.3 Å². The molecule has 0 amide bonds. The Hall–Kier alpha value is -2.03. The summed E-state index contributed by atoms with van der Waals surface area (Å²) in [6, 6.07) is 8.23. The third kappa shape index (κ3) is 2.77. The number of hydrogen-bond acceptors (Lipinski definition) is 2. The number of aromatic amines is 1. The van der Waals surface area contributed by atoms with Gasteiger partial charge in [-0.3, -0.25) is 4.79 Å². The van der Waals surface area contributed by atoms with Gasteiger partial charge in [0.2, 0.25) is 0 Å². The molecule has 0 aliphatic heterocycles. The molecule has 0 radical (unpaired) electrons. The predicted octanol–water partition coefficient (Wildman–Crippen LogP) is 5.08. The van der Waals surface area contributed by atoms with Gasteiger partial charge in [0.1, 0.15) is 5.75 Å². The van der Waals surface area contributed by atoms with Crippen LogP contribution >= 0.6 is 0 Å². The van der Waals surface area contributed by atoms with Crippen molar-refractivity contribution in [1.82, 2.24) is 4.98 Å². The monoisotopic (exact) mass is 323 g/mol. The predicted molar refractivity (Wildman–Crippen MR) is 95.7 cm³/mol. The summed E-state index contributed by atoms with van der Waals surface area (Å²) in [6.07, 6.45) is 7.83. The van der Waals surface area contributed by atoms with Crippen LogP contribution in [0.5, 0.6) is 5.75 Å². The molecule has 1 aromatic carbocycles. The molecular formula is C21H25NO2. The van der Waals surface area contributed by atoms with Crippen LogP contribution < -0.4 is 4.74 Å². The first-order valence-corrected chi connectivity index (χ1v) is 9.21. The molecule has 126 valence electrons. The summed E-state index contributed by atoms with van der Waals surface area (Å²) >= 11 is 0. The maximum Gasteiger partial charge on any atom is 0.164 e. The molecule has 0 spiro atoms. The Labute approximate surface area is 143 Å². The van der Waals surface area contributed by atoms with E-state index in [0.717, 1.165) is 47.7 Å². The van der Waals surface area contributed by atoms with Crippen LogP contribution in [0, 0.1) is 12.8 Å². The van der Waals surface area contributed by atoms with E-state index >= 15 is 0 Å². The second-order valence-corrected chi connectivity index (χ2v) is 7.21. The van der Waals surface area contributed by atoms with Crippen LogP contribution in [-0.2, 0) is 6.42 Å². The fourth-order valence-electron chi connectivity index (χ4n) is 4.27. The standard InChI is InChI=1S/C21H25NO2/c1-14-20-17(10-6-11-18(20)23)21(22-14)16-9-4-5-12-19(16)24-13-15-7-2-3-8-15/h4-5,9,12,15,22H,2-3,6-8,10-11,13H2,1H3. The highest BCUT2D eigenvalue weighted by Crippen LogP contribution is 2.38. The Bertz CT molecular complexity index is 753. The topological polar surface area (TPSA) is 42.1 Å². The van der Waals surface area contributed by atoms with Crippen molar-refractivity contribution in [3.05, 3.63) is 41.1 Å². The number of rotatable bonds is 4. The van der Waals surface area contributed by atoms with Gasteiger partial charge in [0.15, 0.2) is 5.78 Å². The van der Waals surface area contributed by atoms with E-state index in [9.17, 15) is 4.79 Å². The Kier molecular flexibility index (Phi) is 4.17. The highest BCUT2D eigenvalue weighted by molar-refractivity contribution is 6.01. The number of aromatic nitrogens is 1. The van der Waals surface area contributed by atoms with Gasteiger partial charge in [0, 0.05) is 23.2 Å². The minimum Gasteiger partial charge on any atom is -0.493 e. The van der Waals surface area contributed by atoms with Gasteiger partial charge < -0.3 is 9.72 Å². The molecule has 1 N–H and O–H groups in total. The van der Waals surface area contributed by atoms with Crippen molar-refractivity contribution in [3.8, 4) is 17.0 Å². The van der Waals surface area contributed by atoms with Gasteiger partial charge in [-0.25, -0.2) is 0 Å². The highest BCUT2D eigenvalue weighted by atomic mass is 16.5. The molecule has 2 aromatic rings. The Morgan fingerprint density at radius 1 is 1.12 bits per heavy atom. The fraction of sp³-hybridized carbons (Fsp3) is 0.476. The molecule has 3 heteroatoms. The minimum atomic E-state index is 0.278. The molecule has 1 saturated carbocycles. The Morgan fingerprint density at radius 3 is 2.75 bits per heavy atom. The molecule has 0 bridgehead atoms. The van der Waals surface area contributed by atoms with E-state index in [1.54, 1.807) is 0 Å². The summed E-state index contributed by atoms with van der Waals surface area (Å²) in [7, 11) is 0. The minimum absolute atomic E-state index is 0.278. The van der Waals surface area contributed by atoms with E-state index in [0.29, 0.717) is 12.3 Å². The van der Waals surface area contributed by atoms with E-state index in [1.165, 1.54) is 31.2 Å². The van der Waals surface area contributed by atoms with E-state index in [2.05, 4.69) is 17.1 Å². The first-order chi connectivity index (χ1) is 11.7. The number of ether oxygens (including phenoxy) is 1. The average Bonchev–Trinajstić information content (AvgIpc) is 3.22. The first-order valence-electron chi connectivity index (χ1n) is 9.21. The van der Waals surface area contributed by atoms with Gasteiger partial charge >= 0.3 is 0 Å². The molecule has 2 aliphatic rings. The number of fused-ring (bicyclic) bond motifs is 1. The molecule has 4 rings (SSSR count). The van der Waals surface area contributed by atoms with Crippen LogP contribution in [0.3, 0.4) is 0 Å². The maximum absolute atomic E-state index is 12.3. The van der Waals surface area contributed by atoms with Gasteiger partial charge in [-0.15, -0.1) is 0 Å². The van der Waals surface area contributed by atoms with Crippen molar-refractivity contribution in [2.45, 2.75) is 51.9 Å². The van der Waals surface area contributed by atoms with Crippen molar-refractivity contribution in [3.63, 3.8) is 0 Å².